The van der Waals surface area contributed by atoms with Gasteiger partial charge in [0.05, 0.1) is 16.9 Å². The number of para-hydroxylation sites is 1. The first kappa shape index (κ1) is 19.1. The molecule has 3 rings (SSSR count). The maximum absolute atomic E-state index is 12.5. The van der Waals surface area contributed by atoms with Crippen LogP contribution in [-0.4, -0.2) is 27.4 Å². The van der Waals surface area contributed by atoms with E-state index in [0.717, 1.165) is 0 Å². The molecule has 2 heterocycles. The zero-order valence-electron chi connectivity index (χ0n) is 15.5. The fraction of sp³-hybridized carbons (Fsp3) is 0.200. The number of amides is 2. The molecule has 0 atom stereocenters. The summed E-state index contributed by atoms with van der Waals surface area (Å²) in [7, 11) is 0. The molecule has 3 aromatic rings. The van der Waals surface area contributed by atoms with Gasteiger partial charge in [0, 0.05) is 18.3 Å². The van der Waals surface area contributed by atoms with Crippen LogP contribution in [0.25, 0.3) is 5.65 Å². The van der Waals surface area contributed by atoms with E-state index in [0.29, 0.717) is 17.0 Å². The summed E-state index contributed by atoms with van der Waals surface area (Å²) < 4.78 is 6.70. The molecule has 0 saturated heterocycles. The van der Waals surface area contributed by atoms with E-state index >= 15 is 0 Å². The Kier molecular flexibility index (Phi) is 5.69. The second kappa shape index (κ2) is 8.34. The average molecular weight is 380 g/mol. The van der Waals surface area contributed by atoms with Crippen molar-refractivity contribution in [2.45, 2.75) is 26.5 Å². The van der Waals surface area contributed by atoms with Crippen molar-refractivity contribution in [2.75, 3.05) is 5.32 Å². The van der Waals surface area contributed by atoms with Crippen LogP contribution in [0.15, 0.2) is 59.5 Å². The van der Waals surface area contributed by atoms with Gasteiger partial charge in [0.2, 0.25) is 0 Å². The molecule has 144 valence electrons. The van der Waals surface area contributed by atoms with Crippen LogP contribution in [0.2, 0.25) is 0 Å². The monoisotopic (exact) mass is 380 g/mol. The fourth-order valence-electron chi connectivity index (χ4n) is 2.58. The van der Waals surface area contributed by atoms with Gasteiger partial charge in [-0.25, -0.2) is 14.6 Å². The number of carbonyl (C=O) groups is 2. The minimum atomic E-state index is -0.629. The maximum atomic E-state index is 12.5. The number of carbonyl (C=O) groups excluding carboxylic acids is 2. The molecule has 2 aromatic heterocycles. The van der Waals surface area contributed by atoms with Gasteiger partial charge in [-0.2, -0.15) is 0 Å². The number of esters is 1. The molecular formula is C20H20N4O4. The van der Waals surface area contributed by atoms with E-state index in [1.807, 2.05) is 13.8 Å². The number of fused-ring (bicyclic) bond motifs is 1. The van der Waals surface area contributed by atoms with Gasteiger partial charge in [-0.3, -0.25) is 9.20 Å². The molecule has 0 fully saturated rings. The van der Waals surface area contributed by atoms with Crippen molar-refractivity contribution >= 4 is 23.3 Å². The summed E-state index contributed by atoms with van der Waals surface area (Å²) in [5.41, 5.74) is 1.08. The summed E-state index contributed by atoms with van der Waals surface area (Å²) in [6, 6.07) is 12.6. The summed E-state index contributed by atoms with van der Waals surface area (Å²) in [6.45, 7) is 3.50. The molecular weight excluding hydrogens is 360 g/mol. The standard InChI is InChI=1S/C20H20N4O4/c1-13(2)21-20(27)23-16-8-4-3-7-15(16)19(26)28-12-14-11-18(25)24-10-6-5-9-17(24)22-14/h3-11,13H,12H2,1-2H3,(H2,21,23,27). The zero-order chi connectivity index (χ0) is 20.1. The Balaban J connectivity index is 1.74. The van der Waals surface area contributed by atoms with Gasteiger partial charge in [-0.15, -0.1) is 0 Å². The van der Waals surface area contributed by atoms with Crippen LogP contribution in [0.4, 0.5) is 10.5 Å². The first-order chi connectivity index (χ1) is 13.4. The third kappa shape index (κ3) is 4.53. The minimum absolute atomic E-state index is 0.0442. The smallest absolute Gasteiger partial charge is 0.340 e. The van der Waals surface area contributed by atoms with Gasteiger partial charge >= 0.3 is 12.0 Å². The molecule has 28 heavy (non-hydrogen) atoms. The van der Waals surface area contributed by atoms with E-state index in [2.05, 4.69) is 15.6 Å². The van der Waals surface area contributed by atoms with E-state index in [1.54, 1.807) is 48.7 Å². The highest BCUT2D eigenvalue weighted by Gasteiger charge is 2.15. The predicted molar refractivity (Wildman–Crippen MR) is 104 cm³/mol. The number of urea groups is 1. The highest BCUT2D eigenvalue weighted by molar-refractivity contribution is 6.00. The predicted octanol–water partition coefficient (Wildman–Crippen LogP) is 2.58. The lowest BCUT2D eigenvalue weighted by molar-refractivity contribution is 0.0469. The first-order valence-corrected chi connectivity index (χ1v) is 8.75. The number of hydrogen-bond acceptors (Lipinski definition) is 5. The molecule has 0 bridgehead atoms. The Morgan fingerprint density at radius 1 is 1.14 bits per heavy atom. The molecule has 0 radical (unpaired) electrons. The third-order valence-electron chi connectivity index (χ3n) is 3.79. The number of anilines is 1. The molecule has 2 N–H and O–H groups in total. The summed E-state index contributed by atoms with van der Waals surface area (Å²) >= 11 is 0. The van der Waals surface area contributed by atoms with Crippen molar-refractivity contribution in [3.63, 3.8) is 0 Å². The lowest BCUT2D eigenvalue weighted by Gasteiger charge is -2.13. The molecule has 1 aromatic carbocycles. The van der Waals surface area contributed by atoms with E-state index in [-0.39, 0.29) is 23.8 Å². The van der Waals surface area contributed by atoms with Crippen molar-refractivity contribution in [2.24, 2.45) is 0 Å². The summed E-state index contributed by atoms with van der Waals surface area (Å²) in [5.74, 6) is -0.629. The van der Waals surface area contributed by atoms with Gasteiger partial charge in [0.25, 0.3) is 5.56 Å². The van der Waals surface area contributed by atoms with Crippen LogP contribution in [-0.2, 0) is 11.3 Å². The van der Waals surface area contributed by atoms with Gasteiger partial charge in [0.15, 0.2) is 0 Å². The van der Waals surface area contributed by atoms with Crippen molar-refractivity contribution < 1.29 is 14.3 Å². The molecule has 8 heteroatoms. The Morgan fingerprint density at radius 2 is 1.89 bits per heavy atom. The number of benzene rings is 1. The van der Waals surface area contributed by atoms with Crippen LogP contribution < -0.4 is 16.2 Å². The molecule has 0 spiro atoms. The molecule has 8 nitrogen and oxygen atoms in total. The maximum Gasteiger partial charge on any atom is 0.340 e. The number of rotatable bonds is 5. The van der Waals surface area contributed by atoms with Crippen LogP contribution >= 0.6 is 0 Å². The average Bonchev–Trinajstić information content (AvgIpc) is 2.66. The van der Waals surface area contributed by atoms with Gasteiger partial charge in [-0.05, 0) is 38.1 Å². The lowest BCUT2D eigenvalue weighted by Crippen LogP contribution is -2.34. The highest BCUT2D eigenvalue weighted by Crippen LogP contribution is 2.17. The fourth-order valence-corrected chi connectivity index (χ4v) is 2.58. The Hall–Kier alpha value is -3.68. The molecule has 0 aliphatic rings. The SMILES string of the molecule is CC(C)NC(=O)Nc1ccccc1C(=O)OCc1cc(=O)n2ccccc2n1. The number of ether oxygens (including phenoxy) is 1. The minimum Gasteiger partial charge on any atom is -0.456 e. The molecule has 0 unspecified atom stereocenters. The Morgan fingerprint density at radius 3 is 2.68 bits per heavy atom. The summed E-state index contributed by atoms with van der Waals surface area (Å²) in [5, 5.41) is 5.32. The van der Waals surface area contributed by atoms with Crippen LogP contribution in [0, 0.1) is 0 Å². The van der Waals surface area contributed by atoms with Crippen molar-refractivity contribution in [3.05, 3.63) is 76.3 Å². The van der Waals surface area contributed by atoms with Crippen molar-refractivity contribution in [1.82, 2.24) is 14.7 Å². The largest absolute Gasteiger partial charge is 0.456 e. The lowest BCUT2D eigenvalue weighted by atomic mass is 10.2. The normalized spacial score (nSPS) is 10.7. The number of hydrogen-bond donors (Lipinski definition) is 2. The Labute approximate surface area is 161 Å². The molecule has 0 aliphatic heterocycles. The third-order valence-corrected chi connectivity index (χ3v) is 3.79. The van der Waals surface area contributed by atoms with E-state index in [9.17, 15) is 14.4 Å². The van der Waals surface area contributed by atoms with Gasteiger partial charge < -0.3 is 15.4 Å². The molecule has 2 amide bonds. The van der Waals surface area contributed by atoms with E-state index < -0.39 is 12.0 Å². The highest BCUT2D eigenvalue weighted by atomic mass is 16.5. The molecule has 0 aliphatic carbocycles. The van der Waals surface area contributed by atoms with Crippen LogP contribution in [0.5, 0.6) is 0 Å². The van der Waals surface area contributed by atoms with Crippen LogP contribution in [0.1, 0.15) is 29.9 Å². The van der Waals surface area contributed by atoms with Gasteiger partial charge in [0.1, 0.15) is 12.3 Å². The van der Waals surface area contributed by atoms with Crippen LogP contribution in [0.3, 0.4) is 0 Å². The quantitative estimate of drug-likeness (QED) is 0.663. The summed E-state index contributed by atoms with van der Waals surface area (Å²) in [6.07, 6.45) is 1.62. The Bertz CT molecular complexity index is 1070. The van der Waals surface area contributed by atoms with E-state index in [1.165, 1.54) is 10.5 Å². The van der Waals surface area contributed by atoms with Crippen molar-refractivity contribution in [1.29, 1.82) is 0 Å². The number of nitrogens with zero attached hydrogens (tertiary/aromatic N) is 2. The van der Waals surface area contributed by atoms with Gasteiger partial charge in [-0.1, -0.05) is 18.2 Å². The summed E-state index contributed by atoms with van der Waals surface area (Å²) in [4.78, 5) is 40.8. The van der Waals surface area contributed by atoms with E-state index in [4.69, 9.17) is 4.74 Å². The zero-order valence-corrected chi connectivity index (χ0v) is 15.5. The number of pyridine rings is 1. The topological polar surface area (TPSA) is 102 Å². The first-order valence-electron chi connectivity index (χ1n) is 8.75. The van der Waals surface area contributed by atoms with Crippen molar-refractivity contribution in [3.8, 4) is 0 Å². The second-order valence-corrected chi connectivity index (χ2v) is 6.39. The number of nitrogens with one attached hydrogen (secondary N) is 2. The second-order valence-electron chi connectivity index (χ2n) is 6.39. The number of aromatic nitrogens is 2. The molecule has 0 saturated carbocycles.